The standard InChI is InChI=1S/C20H17N9/c1-27-10-16(9-24-27)17-12-29-19(23-13-25-29)18(26-17)15-2-5-28(11-15)20(3-4-21)6-14(7-20)8-22/h2,5,9-14H,3,6-7H2,1H3/t14-,20+. The van der Waals surface area contributed by atoms with E-state index in [1.54, 1.807) is 15.4 Å². The van der Waals surface area contributed by atoms with Crippen molar-refractivity contribution in [1.29, 1.82) is 10.5 Å². The molecule has 1 aliphatic carbocycles. The molecule has 142 valence electrons. The van der Waals surface area contributed by atoms with Gasteiger partial charge in [0.2, 0.25) is 0 Å². The SMILES string of the molecule is Cn1cc(-c2cn3ncnc3c(-c3ccn([C@]4(CC#N)C[C@H](C#N)C4)c3)n2)cn1. The summed E-state index contributed by atoms with van der Waals surface area (Å²) in [4.78, 5) is 9.20. The molecule has 0 radical (unpaired) electrons. The number of aromatic nitrogens is 7. The van der Waals surface area contributed by atoms with Crippen molar-refractivity contribution in [3.05, 3.63) is 43.4 Å². The topological polar surface area (TPSA) is 113 Å². The van der Waals surface area contributed by atoms with E-state index in [2.05, 4.69) is 31.9 Å². The van der Waals surface area contributed by atoms with E-state index in [1.165, 1.54) is 6.33 Å². The zero-order valence-corrected chi connectivity index (χ0v) is 15.8. The molecule has 1 saturated carbocycles. The lowest BCUT2D eigenvalue weighted by Crippen LogP contribution is -2.45. The van der Waals surface area contributed by atoms with Gasteiger partial charge in [0.1, 0.15) is 12.0 Å². The van der Waals surface area contributed by atoms with Gasteiger partial charge in [-0.05, 0) is 18.9 Å². The second-order valence-corrected chi connectivity index (χ2v) is 7.51. The summed E-state index contributed by atoms with van der Waals surface area (Å²) >= 11 is 0. The van der Waals surface area contributed by atoms with Crippen LogP contribution < -0.4 is 0 Å². The molecule has 0 N–H and O–H groups in total. The summed E-state index contributed by atoms with van der Waals surface area (Å²) < 4.78 is 5.50. The molecule has 4 aromatic rings. The number of hydrogen-bond acceptors (Lipinski definition) is 6. The van der Waals surface area contributed by atoms with Crippen molar-refractivity contribution in [2.75, 3.05) is 0 Å². The van der Waals surface area contributed by atoms with E-state index in [0.29, 0.717) is 30.6 Å². The van der Waals surface area contributed by atoms with Crippen molar-refractivity contribution in [2.24, 2.45) is 13.0 Å². The maximum atomic E-state index is 9.30. The van der Waals surface area contributed by atoms with Gasteiger partial charge in [-0.1, -0.05) is 0 Å². The van der Waals surface area contributed by atoms with E-state index in [4.69, 9.17) is 4.98 Å². The maximum Gasteiger partial charge on any atom is 0.181 e. The minimum absolute atomic E-state index is 0.00411. The molecule has 0 aromatic carbocycles. The first-order valence-corrected chi connectivity index (χ1v) is 9.27. The van der Waals surface area contributed by atoms with E-state index < -0.39 is 0 Å². The summed E-state index contributed by atoms with van der Waals surface area (Å²) in [6.07, 6.45) is 12.7. The van der Waals surface area contributed by atoms with Gasteiger partial charge in [-0.3, -0.25) is 4.68 Å². The fourth-order valence-corrected chi connectivity index (χ4v) is 4.09. The van der Waals surface area contributed by atoms with Crippen LogP contribution in [0.15, 0.2) is 43.4 Å². The maximum absolute atomic E-state index is 9.30. The second-order valence-electron chi connectivity index (χ2n) is 7.51. The first-order valence-electron chi connectivity index (χ1n) is 9.27. The van der Waals surface area contributed by atoms with Crippen LogP contribution in [0, 0.1) is 28.6 Å². The highest BCUT2D eigenvalue weighted by molar-refractivity contribution is 5.75. The molecule has 1 aliphatic rings. The highest BCUT2D eigenvalue weighted by atomic mass is 15.3. The minimum Gasteiger partial charge on any atom is -0.346 e. The summed E-state index contributed by atoms with van der Waals surface area (Å²) in [7, 11) is 1.86. The van der Waals surface area contributed by atoms with E-state index in [-0.39, 0.29) is 11.5 Å². The van der Waals surface area contributed by atoms with E-state index in [1.807, 2.05) is 37.9 Å². The Hall–Kier alpha value is -3.98. The van der Waals surface area contributed by atoms with Crippen LogP contribution in [0.2, 0.25) is 0 Å². The molecule has 5 rings (SSSR count). The Morgan fingerprint density at radius 2 is 2.03 bits per heavy atom. The lowest BCUT2D eigenvalue weighted by molar-refractivity contribution is 0.104. The summed E-state index contributed by atoms with van der Waals surface area (Å²) in [5.74, 6) is 0.00411. The second kappa shape index (κ2) is 6.28. The summed E-state index contributed by atoms with van der Waals surface area (Å²) in [5, 5.41) is 27.0. The van der Waals surface area contributed by atoms with E-state index in [9.17, 15) is 10.5 Å². The third-order valence-electron chi connectivity index (χ3n) is 5.62. The highest BCUT2D eigenvalue weighted by Gasteiger charge is 2.45. The van der Waals surface area contributed by atoms with Crippen molar-refractivity contribution in [2.45, 2.75) is 24.8 Å². The van der Waals surface area contributed by atoms with Crippen LogP contribution in [0.25, 0.3) is 28.2 Å². The van der Waals surface area contributed by atoms with Gasteiger partial charge < -0.3 is 4.57 Å². The monoisotopic (exact) mass is 383 g/mol. The number of rotatable bonds is 4. The largest absolute Gasteiger partial charge is 0.346 e. The van der Waals surface area contributed by atoms with Crippen molar-refractivity contribution in [3.63, 3.8) is 0 Å². The molecule has 4 heterocycles. The molecular weight excluding hydrogens is 366 g/mol. The number of aryl methyl sites for hydroxylation is 1. The van der Waals surface area contributed by atoms with Crippen molar-refractivity contribution in [3.8, 4) is 34.7 Å². The molecule has 0 spiro atoms. The predicted molar refractivity (Wildman–Crippen MR) is 103 cm³/mol. The van der Waals surface area contributed by atoms with Crippen molar-refractivity contribution in [1.82, 2.24) is 33.9 Å². The number of nitriles is 2. The van der Waals surface area contributed by atoms with Crippen LogP contribution in [-0.4, -0.2) is 33.9 Å². The highest BCUT2D eigenvalue weighted by Crippen LogP contribution is 2.46. The minimum atomic E-state index is -0.321. The molecule has 0 bridgehead atoms. The quantitative estimate of drug-likeness (QED) is 0.535. The zero-order valence-electron chi connectivity index (χ0n) is 15.8. The molecule has 29 heavy (non-hydrogen) atoms. The van der Waals surface area contributed by atoms with Crippen LogP contribution in [0.1, 0.15) is 19.3 Å². The number of hydrogen-bond donors (Lipinski definition) is 0. The van der Waals surface area contributed by atoms with Crippen LogP contribution in [-0.2, 0) is 12.6 Å². The van der Waals surface area contributed by atoms with Crippen molar-refractivity contribution >= 4 is 5.65 Å². The first-order chi connectivity index (χ1) is 14.1. The molecule has 0 aliphatic heterocycles. The normalized spacial score (nSPS) is 20.9. The Morgan fingerprint density at radius 3 is 2.76 bits per heavy atom. The molecule has 0 unspecified atom stereocenters. The zero-order chi connectivity index (χ0) is 20.0. The summed E-state index contributed by atoms with van der Waals surface area (Å²) in [6.45, 7) is 0. The van der Waals surface area contributed by atoms with Gasteiger partial charge in [-0.25, -0.2) is 14.5 Å². The molecule has 0 saturated heterocycles. The molecule has 9 nitrogen and oxygen atoms in total. The Kier molecular flexibility index (Phi) is 3.71. The van der Waals surface area contributed by atoms with Crippen LogP contribution in [0.4, 0.5) is 0 Å². The fourth-order valence-electron chi connectivity index (χ4n) is 4.09. The molecular formula is C20H17N9. The summed E-state index contributed by atoms with van der Waals surface area (Å²) in [6, 6.07) is 6.56. The average Bonchev–Trinajstić information content (AvgIpc) is 3.43. The van der Waals surface area contributed by atoms with Gasteiger partial charge in [0.05, 0.1) is 48.1 Å². The molecule has 9 heteroatoms. The third-order valence-corrected chi connectivity index (χ3v) is 5.62. The van der Waals surface area contributed by atoms with Crippen LogP contribution >= 0.6 is 0 Å². The predicted octanol–water partition coefficient (Wildman–Crippen LogP) is 2.54. The molecule has 0 atom stereocenters. The molecule has 4 aromatic heterocycles. The Bertz CT molecular complexity index is 1290. The first kappa shape index (κ1) is 17.1. The Labute approximate surface area is 166 Å². The fraction of sp³-hybridized carbons (Fsp3) is 0.300. The van der Waals surface area contributed by atoms with Gasteiger partial charge in [-0.15, -0.1) is 0 Å². The van der Waals surface area contributed by atoms with Gasteiger partial charge in [0.25, 0.3) is 0 Å². The average molecular weight is 383 g/mol. The van der Waals surface area contributed by atoms with Gasteiger partial charge >= 0.3 is 0 Å². The van der Waals surface area contributed by atoms with Crippen LogP contribution in [0.5, 0.6) is 0 Å². The van der Waals surface area contributed by atoms with Gasteiger partial charge in [0, 0.05) is 36.8 Å². The third kappa shape index (κ3) is 2.67. The van der Waals surface area contributed by atoms with Gasteiger partial charge in [-0.2, -0.15) is 20.7 Å². The molecule has 0 amide bonds. The van der Waals surface area contributed by atoms with Gasteiger partial charge in [0.15, 0.2) is 5.65 Å². The number of nitrogens with zero attached hydrogens (tertiary/aromatic N) is 9. The summed E-state index contributed by atoms with van der Waals surface area (Å²) in [5.41, 5.74) is 3.59. The Balaban J connectivity index is 1.59. The lowest BCUT2D eigenvalue weighted by atomic mass is 9.67. The molecule has 1 fully saturated rings. The lowest BCUT2D eigenvalue weighted by Gasteiger charge is -2.45. The number of fused-ring (bicyclic) bond motifs is 1. The Morgan fingerprint density at radius 1 is 1.17 bits per heavy atom. The van der Waals surface area contributed by atoms with Crippen molar-refractivity contribution < 1.29 is 0 Å². The smallest absolute Gasteiger partial charge is 0.181 e. The van der Waals surface area contributed by atoms with Crippen LogP contribution in [0.3, 0.4) is 0 Å². The van der Waals surface area contributed by atoms with E-state index in [0.717, 1.165) is 16.8 Å². The van der Waals surface area contributed by atoms with E-state index >= 15 is 0 Å².